The van der Waals surface area contributed by atoms with E-state index < -0.39 is 86.8 Å². The van der Waals surface area contributed by atoms with Crippen LogP contribution in [0.2, 0.25) is 0 Å². The highest BCUT2D eigenvalue weighted by molar-refractivity contribution is 5.76. The largest absolute Gasteiger partial charge is 0.394 e. The second-order valence-electron chi connectivity index (χ2n) is 20.4. The molecule has 0 aromatic rings. The third kappa shape index (κ3) is 28.7. The van der Waals surface area contributed by atoms with Gasteiger partial charge in [0.2, 0.25) is 5.91 Å². The van der Waals surface area contributed by atoms with Crippen LogP contribution in [0.25, 0.3) is 0 Å². The Bertz CT molecular complexity index is 1210. The van der Waals surface area contributed by atoms with Crippen LogP contribution in [0.5, 0.6) is 0 Å². The topological polar surface area (TPSA) is 228 Å². The molecule has 2 aliphatic rings. The lowest BCUT2D eigenvalue weighted by Gasteiger charge is -2.46. The van der Waals surface area contributed by atoms with E-state index in [0.717, 1.165) is 32.1 Å². The van der Waals surface area contributed by atoms with Gasteiger partial charge in [0.05, 0.1) is 32.0 Å². The Morgan fingerprint density at radius 2 is 0.899 bits per heavy atom. The molecule has 2 fully saturated rings. The first kappa shape index (κ1) is 63.8. The average molecular weight is 988 g/mol. The van der Waals surface area contributed by atoms with Crippen molar-refractivity contribution >= 4 is 5.91 Å². The number of aliphatic hydroxyl groups excluding tert-OH is 8. The molecule has 14 heteroatoms. The van der Waals surface area contributed by atoms with E-state index in [1.54, 1.807) is 6.08 Å². The summed E-state index contributed by atoms with van der Waals surface area (Å²) < 4.78 is 22.5. The van der Waals surface area contributed by atoms with E-state index in [0.29, 0.717) is 6.42 Å². The molecule has 0 radical (unpaired) electrons. The van der Waals surface area contributed by atoms with Gasteiger partial charge < -0.3 is 65.1 Å². The summed E-state index contributed by atoms with van der Waals surface area (Å²) in [4.78, 5) is 13.0. The van der Waals surface area contributed by atoms with Crippen LogP contribution in [0.4, 0.5) is 0 Å². The van der Waals surface area contributed by atoms with E-state index in [9.17, 15) is 45.6 Å². The molecule has 408 valence electrons. The smallest absolute Gasteiger partial charge is 0.220 e. The summed E-state index contributed by atoms with van der Waals surface area (Å²) in [5, 5.41) is 85.9. The quantitative estimate of drug-likeness (QED) is 0.0206. The number of aliphatic hydroxyl groups is 8. The van der Waals surface area contributed by atoms with E-state index >= 15 is 0 Å². The van der Waals surface area contributed by atoms with Crippen molar-refractivity contribution in [3.63, 3.8) is 0 Å². The van der Waals surface area contributed by atoms with E-state index in [2.05, 4.69) is 12.2 Å². The Hall–Kier alpha value is -1.27. The van der Waals surface area contributed by atoms with Crippen LogP contribution >= 0.6 is 0 Å². The van der Waals surface area contributed by atoms with Crippen molar-refractivity contribution in [1.29, 1.82) is 0 Å². The number of rotatable bonds is 45. The Labute approximate surface area is 418 Å². The molecule has 0 aliphatic carbocycles. The lowest BCUT2D eigenvalue weighted by molar-refractivity contribution is -0.359. The highest BCUT2D eigenvalue weighted by atomic mass is 16.7. The first-order valence-corrected chi connectivity index (χ1v) is 28.4. The van der Waals surface area contributed by atoms with Crippen LogP contribution in [0.15, 0.2) is 12.2 Å². The fourth-order valence-corrected chi connectivity index (χ4v) is 9.59. The maximum absolute atomic E-state index is 13.0. The van der Waals surface area contributed by atoms with Gasteiger partial charge >= 0.3 is 0 Å². The van der Waals surface area contributed by atoms with Gasteiger partial charge in [0.25, 0.3) is 0 Å². The third-order valence-electron chi connectivity index (χ3n) is 14.2. The molecule has 9 N–H and O–H groups in total. The summed E-state index contributed by atoms with van der Waals surface area (Å²) in [6.45, 7) is 2.58. The van der Waals surface area contributed by atoms with Gasteiger partial charge in [-0.15, -0.1) is 0 Å². The number of nitrogens with one attached hydrogen (secondary N) is 1. The zero-order valence-corrected chi connectivity index (χ0v) is 43.6. The zero-order chi connectivity index (χ0) is 50.3. The Morgan fingerprint density at radius 3 is 1.30 bits per heavy atom. The van der Waals surface area contributed by atoms with Gasteiger partial charge in [-0.1, -0.05) is 231 Å². The van der Waals surface area contributed by atoms with Crippen molar-refractivity contribution < 1.29 is 64.6 Å². The fraction of sp³-hybridized carbons (Fsp3) is 0.945. The summed E-state index contributed by atoms with van der Waals surface area (Å²) in [6, 6.07) is -0.905. The standard InChI is InChI=1S/C55H105NO13/c1-3-5-7-8-9-10-11-12-13-14-15-16-17-18-19-20-21-22-23-24-25-26-27-28-29-30-31-32-33-34-35-37-39-47(60)56-43(44(59)38-36-6-4-2)42-66-54-52(65)50(63)53(46(41-58)68-54)69-55-51(64)49(62)48(61)45(40-57)67-55/h36,38,43-46,48-55,57-59,61-65H,3-35,37,39-42H2,1-2H3,(H,56,60)/b38-36+. The van der Waals surface area contributed by atoms with Crippen LogP contribution in [0.3, 0.4) is 0 Å². The SMILES string of the molecule is CCC/C=C/C(O)C(COC1OC(CO)C(OC2OC(CO)C(O)C(O)C2O)C(O)C1O)NC(=O)CCCCCCCCCCCCCCCCCCCCCCCCCCCCCCCCCC. The molecule has 2 rings (SSSR count). The summed E-state index contributed by atoms with van der Waals surface area (Å²) in [5.41, 5.74) is 0. The molecule has 14 nitrogen and oxygen atoms in total. The molecule has 0 bridgehead atoms. The Balaban J connectivity index is 1.49. The number of carbonyl (C=O) groups is 1. The van der Waals surface area contributed by atoms with E-state index in [1.807, 2.05) is 13.0 Å². The monoisotopic (exact) mass is 988 g/mol. The Kier molecular flexibility index (Phi) is 39.0. The van der Waals surface area contributed by atoms with Crippen LogP contribution in [-0.4, -0.2) is 140 Å². The summed E-state index contributed by atoms with van der Waals surface area (Å²) >= 11 is 0. The van der Waals surface area contributed by atoms with Gasteiger partial charge in [-0.05, 0) is 12.8 Å². The lowest BCUT2D eigenvalue weighted by Crippen LogP contribution is -2.65. The lowest BCUT2D eigenvalue weighted by atomic mass is 9.97. The molecule has 12 unspecified atom stereocenters. The number of hydrogen-bond donors (Lipinski definition) is 9. The minimum absolute atomic E-state index is 0.247. The number of ether oxygens (including phenoxy) is 4. The fourth-order valence-electron chi connectivity index (χ4n) is 9.59. The number of carbonyl (C=O) groups excluding carboxylic acids is 1. The van der Waals surface area contributed by atoms with Crippen LogP contribution in [0.1, 0.15) is 239 Å². The second-order valence-corrected chi connectivity index (χ2v) is 20.4. The van der Waals surface area contributed by atoms with Gasteiger partial charge in [-0.2, -0.15) is 0 Å². The summed E-state index contributed by atoms with van der Waals surface area (Å²) in [6.07, 6.45) is 31.3. The highest BCUT2D eigenvalue weighted by Crippen LogP contribution is 2.30. The van der Waals surface area contributed by atoms with Crippen molar-refractivity contribution in [2.24, 2.45) is 0 Å². The molecular formula is C55H105NO13. The Morgan fingerprint density at radius 1 is 0.507 bits per heavy atom. The van der Waals surface area contributed by atoms with Crippen LogP contribution in [-0.2, 0) is 23.7 Å². The van der Waals surface area contributed by atoms with Gasteiger partial charge in [0.1, 0.15) is 48.8 Å². The molecular weight excluding hydrogens is 883 g/mol. The minimum Gasteiger partial charge on any atom is -0.394 e. The van der Waals surface area contributed by atoms with Gasteiger partial charge in [-0.3, -0.25) is 4.79 Å². The highest BCUT2D eigenvalue weighted by Gasteiger charge is 2.51. The van der Waals surface area contributed by atoms with Gasteiger partial charge in [0.15, 0.2) is 12.6 Å². The van der Waals surface area contributed by atoms with Crippen molar-refractivity contribution in [2.75, 3.05) is 19.8 Å². The average Bonchev–Trinajstić information content (AvgIpc) is 3.35. The maximum Gasteiger partial charge on any atom is 0.220 e. The third-order valence-corrected chi connectivity index (χ3v) is 14.2. The molecule has 0 aromatic heterocycles. The predicted molar refractivity (Wildman–Crippen MR) is 272 cm³/mol. The van der Waals surface area contributed by atoms with Crippen molar-refractivity contribution in [1.82, 2.24) is 5.32 Å². The van der Waals surface area contributed by atoms with Crippen LogP contribution < -0.4 is 5.32 Å². The molecule has 0 spiro atoms. The first-order chi connectivity index (χ1) is 33.6. The number of amides is 1. The summed E-state index contributed by atoms with van der Waals surface area (Å²) in [7, 11) is 0. The van der Waals surface area contributed by atoms with E-state index in [-0.39, 0.29) is 18.9 Å². The van der Waals surface area contributed by atoms with Gasteiger partial charge in [0, 0.05) is 6.42 Å². The number of allylic oxidation sites excluding steroid dienone is 1. The second kappa shape index (κ2) is 42.1. The molecule has 69 heavy (non-hydrogen) atoms. The molecule has 12 atom stereocenters. The molecule has 1 amide bonds. The van der Waals surface area contributed by atoms with Crippen molar-refractivity contribution in [2.45, 2.75) is 312 Å². The minimum atomic E-state index is -1.78. The molecule has 0 saturated carbocycles. The number of hydrogen-bond acceptors (Lipinski definition) is 13. The van der Waals surface area contributed by atoms with E-state index in [4.69, 9.17) is 18.9 Å². The predicted octanol–water partition coefficient (Wildman–Crippen LogP) is 8.72. The van der Waals surface area contributed by atoms with Crippen LogP contribution in [0, 0.1) is 0 Å². The molecule has 2 heterocycles. The zero-order valence-electron chi connectivity index (χ0n) is 43.6. The summed E-state index contributed by atoms with van der Waals surface area (Å²) in [5.74, 6) is -0.247. The molecule has 2 aliphatic heterocycles. The first-order valence-electron chi connectivity index (χ1n) is 28.4. The van der Waals surface area contributed by atoms with Crippen molar-refractivity contribution in [3.8, 4) is 0 Å². The van der Waals surface area contributed by atoms with Gasteiger partial charge in [-0.25, -0.2) is 0 Å². The molecule has 0 aromatic carbocycles. The van der Waals surface area contributed by atoms with Crippen molar-refractivity contribution in [3.05, 3.63) is 12.2 Å². The molecule has 2 saturated heterocycles. The number of unbranched alkanes of at least 4 members (excludes halogenated alkanes) is 32. The normalized spacial score (nSPS) is 26.2. The maximum atomic E-state index is 13.0. The van der Waals surface area contributed by atoms with E-state index in [1.165, 1.54) is 180 Å².